The van der Waals surface area contributed by atoms with E-state index in [0.717, 1.165) is 86.2 Å². The normalized spacial score (nSPS) is 11.2. The number of unbranched alkanes of at least 4 members (excludes halogenated alkanes) is 3. The second-order valence-electron chi connectivity index (χ2n) is 14.0. The van der Waals surface area contributed by atoms with Crippen LogP contribution in [0, 0.1) is 30.4 Å². The van der Waals surface area contributed by atoms with Crippen molar-refractivity contribution >= 4 is 21.5 Å². The third-order valence-corrected chi connectivity index (χ3v) is 10.2. The van der Waals surface area contributed by atoms with Crippen molar-refractivity contribution in [3.63, 3.8) is 0 Å². The summed E-state index contributed by atoms with van der Waals surface area (Å²) < 4.78 is 30.7. The molecule has 0 fully saturated rings. The minimum atomic E-state index is -0.276. The van der Waals surface area contributed by atoms with E-state index in [1.54, 1.807) is 12.1 Å². The first-order valence-corrected chi connectivity index (χ1v) is 18.7. The predicted molar refractivity (Wildman–Crippen MR) is 217 cm³/mol. The molecule has 0 aliphatic rings. The minimum Gasteiger partial charge on any atom is -0.206 e. The molecule has 0 unspecified atom stereocenters. The Morgan fingerprint density at radius 1 is 0.442 bits per heavy atom. The van der Waals surface area contributed by atoms with Gasteiger partial charge in [0.1, 0.15) is 11.6 Å². The molecule has 7 rings (SSSR count). The molecule has 0 nitrogen and oxygen atoms in total. The lowest BCUT2D eigenvalue weighted by molar-refractivity contribution is 0.626. The average Bonchev–Trinajstić information content (AvgIpc) is 3.17. The molecule has 0 amide bonds. The van der Waals surface area contributed by atoms with Gasteiger partial charge in [0.15, 0.2) is 0 Å². The summed E-state index contributed by atoms with van der Waals surface area (Å²) in [6, 6.07) is 42.6. The highest BCUT2D eigenvalue weighted by molar-refractivity contribution is 5.94. The second-order valence-corrected chi connectivity index (χ2v) is 14.0. The zero-order chi connectivity index (χ0) is 36.0. The lowest BCUT2D eigenvalue weighted by atomic mass is 9.94. The first-order valence-electron chi connectivity index (χ1n) is 18.7. The highest BCUT2D eigenvalue weighted by atomic mass is 19.1. The van der Waals surface area contributed by atoms with E-state index in [1.807, 2.05) is 43.3 Å². The Labute approximate surface area is 307 Å². The first kappa shape index (κ1) is 34.9. The van der Waals surface area contributed by atoms with Gasteiger partial charge in [0, 0.05) is 22.3 Å². The summed E-state index contributed by atoms with van der Waals surface area (Å²) in [4.78, 5) is 0. The molecule has 7 aromatic rings. The fourth-order valence-electron chi connectivity index (χ4n) is 7.03. The van der Waals surface area contributed by atoms with Crippen LogP contribution in [0.15, 0.2) is 127 Å². The number of aryl methyl sites for hydroxylation is 3. The van der Waals surface area contributed by atoms with E-state index in [2.05, 4.69) is 105 Å². The molecule has 0 saturated carbocycles. The van der Waals surface area contributed by atoms with Gasteiger partial charge in [-0.2, -0.15) is 0 Å². The Morgan fingerprint density at radius 3 is 1.56 bits per heavy atom. The Bertz CT molecular complexity index is 2440. The highest BCUT2D eigenvalue weighted by Gasteiger charge is 2.12. The van der Waals surface area contributed by atoms with Gasteiger partial charge in [0.2, 0.25) is 0 Å². The molecule has 0 bridgehead atoms. The van der Waals surface area contributed by atoms with Crippen molar-refractivity contribution in [2.24, 2.45) is 0 Å². The molecular weight excluding hydrogens is 639 g/mol. The summed E-state index contributed by atoms with van der Waals surface area (Å²) in [5.74, 6) is 5.96. The molecule has 52 heavy (non-hydrogen) atoms. The van der Waals surface area contributed by atoms with Crippen LogP contribution in [0.25, 0.3) is 54.9 Å². The molecule has 0 radical (unpaired) electrons. The predicted octanol–water partition coefficient (Wildman–Crippen LogP) is 14.1. The van der Waals surface area contributed by atoms with Crippen LogP contribution in [-0.2, 0) is 12.8 Å². The SMILES string of the molecule is CCCCCc1ccc(-c2ccc3cc(-c4ccc5cc(-c6cc(C)c(C#Cc7ccc(CCCC)cc7)cc6F)ccc5c4)ccc3c2)c(F)c1. The van der Waals surface area contributed by atoms with Gasteiger partial charge in [-0.1, -0.05) is 118 Å². The van der Waals surface area contributed by atoms with Crippen LogP contribution >= 0.6 is 0 Å². The Morgan fingerprint density at radius 2 is 0.962 bits per heavy atom. The summed E-state index contributed by atoms with van der Waals surface area (Å²) in [5, 5.41) is 4.32. The standard InChI is InChI=1S/C50H44F2/c1-4-6-8-10-37-16-26-47(49(51)28-37)45-24-22-41-29-39(18-20-43(41)31-45)40-19-21-44-32-46(25-23-42(44)30-40)48-27-34(3)38(33-50(48)52)17-15-36-13-11-35(12-14-36)9-7-5-2/h11-14,16,18-33H,4-10H2,1-3H3. The van der Waals surface area contributed by atoms with E-state index < -0.39 is 0 Å². The van der Waals surface area contributed by atoms with Gasteiger partial charge in [0.25, 0.3) is 0 Å². The molecule has 0 aliphatic heterocycles. The second kappa shape index (κ2) is 15.8. The molecule has 0 aromatic heterocycles. The molecule has 7 aromatic carbocycles. The van der Waals surface area contributed by atoms with Crippen molar-refractivity contribution in [2.75, 3.05) is 0 Å². The average molecular weight is 683 g/mol. The number of hydrogen-bond acceptors (Lipinski definition) is 0. The van der Waals surface area contributed by atoms with Crippen LogP contribution in [0.5, 0.6) is 0 Å². The van der Waals surface area contributed by atoms with Gasteiger partial charge in [-0.25, -0.2) is 8.78 Å². The topological polar surface area (TPSA) is 0 Å². The third kappa shape index (κ3) is 7.85. The highest BCUT2D eigenvalue weighted by Crippen LogP contribution is 2.34. The van der Waals surface area contributed by atoms with Crippen molar-refractivity contribution in [3.05, 3.63) is 167 Å². The molecular formula is C50H44F2. The maximum absolute atomic E-state index is 15.5. The molecule has 0 spiro atoms. The summed E-state index contributed by atoms with van der Waals surface area (Å²) in [6.45, 7) is 6.37. The number of rotatable bonds is 10. The number of fused-ring (bicyclic) bond motifs is 2. The quantitative estimate of drug-likeness (QED) is 0.0995. The molecule has 0 atom stereocenters. The van der Waals surface area contributed by atoms with E-state index in [0.29, 0.717) is 16.7 Å². The van der Waals surface area contributed by atoms with Gasteiger partial charge < -0.3 is 0 Å². The zero-order valence-corrected chi connectivity index (χ0v) is 30.3. The molecule has 0 saturated heterocycles. The van der Waals surface area contributed by atoms with Crippen molar-refractivity contribution in [1.29, 1.82) is 0 Å². The molecule has 2 heteroatoms. The molecule has 258 valence electrons. The Hall–Kier alpha value is -5.52. The maximum atomic E-state index is 15.5. The van der Waals surface area contributed by atoms with E-state index in [-0.39, 0.29) is 11.6 Å². The number of hydrogen-bond donors (Lipinski definition) is 0. The Kier molecular flexibility index (Phi) is 10.6. The Balaban J connectivity index is 1.09. The van der Waals surface area contributed by atoms with Gasteiger partial charge >= 0.3 is 0 Å². The van der Waals surface area contributed by atoms with Gasteiger partial charge in [-0.15, -0.1) is 0 Å². The van der Waals surface area contributed by atoms with Gasteiger partial charge in [-0.05, 0) is 148 Å². The van der Waals surface area contributed by atoms with Crippen LogP contribution in [0.2, 0.25) is 0 Å². The van der Waals surface area contributed by atoms with Crippen LogP contribution in [0.1, 0.15) is 73.8 Å². The van der Waals surface area contributed by atoms with E-state index in [4.69, 9.17) is 0 Å². The number of halogens is 2. The zero-order valence-electron chi connectivity index (χ0n) is 30.3. The summed E-state index contributed by atoms with van der Waals surface area (Å²) in [5.41, 5.74) is 10.1. The lowest BCUT2D eigenvalue weighted by Crippen LogP contribution is -1.91. The van der Waals surface area contributed by atoms with E-state index in [9.17, 15) is 0 Å². The fourth-order valence-corrected chi connectivity index (χ4v) is 7.03. The molecule has 0 heterocycles. The van der Waals surface area contributed by atoms with Crippen LogP contribution < -0.4 is 0 Å². The van der Waals surface area contributed by atoms with Crippen molar-refractivity contribution < 1.29 is 8.78 Å². The first-order chi connectivity index (χ1) is 25.4. The summed E-state index contributed by atoms with van der Waals surface area (Å²) in [6.07, 6.45) is 7.77. The number of benzene rings is 7. The van der Waals surface area contributed by atoms with Crippen LogP contribution in [0.4, 0.5) is 8.78 Å². The van der Waals surface area contributed by atoms with Crippen LogP contribution in [-0.4, -0.2) is 0 Å². The molecule has 0 N–H and O–H groups in total. The smallest absolute Gasteiger partial charge is 0.132 e. The van der Waals surface area contributed by atoms with Gasteiger partial charge in [0.05, 0.1) is 0 Å². The molecule has 0 aliphatic carbocycles. The third-order valence-electron chi connectivity index (χ3n) is 10.2. The van der Waals surface area contributed by atoms with Crippen LogP contribution in [0.3, 0.4) is 0 Å². The lowest BCUT2D eigenvalue weighted by Gasteiger charge is -2.11. The monoisotopic (exact) mass is 682 g/mol. The van der Waals surface area contributed by atoms with E-state index in [1.165, 1.54) is 24.8 Å². The van der Waals surface area contributed by atoms with E-state index >= 15 is 8.78 Å². The fraction of sp³-hybridized carbons (Fsp3) is 0.200. The van der Waals surface area contributed by atoms with Crippen molar-refractivity contribution in [3.8, 4) is 45.2 Å². The maximum Gasteiger partial charge on any atom is 0.132 e. The summed E-state index contributed by atoms with van der Waals surface area (Å²) in [7, 11) is 0. The van der Waals surface area contributed by atoms with Gasteiger partial charge in [-0.3, -0.25) is 0 Å². The summed E-state index contributed by atoms with van der Waals surface area (Å²) >= 11 is 0. The van der Waals surface area contributed by atoms with Crippen molar-refractivity contribution in [1.82, 2.24) is 0 Å². The van der Waals surface area contributed by atoms with Crippen molar-refractivity contribution in [2.45, 2.75) is 65.7 Å². The minimum absolute atomic E-state index is 0.164. The largest absolute Gasteiger partial charge is 0.206 e.